The van der Waals surface area contributed by atoms with E-state index in [1.807, 2.05) is 0 Å². The fourth-order valence-electron chi connectivity index (χ4n) is 7.16. The van der Waals surface area contributed by atoms with Crippen LogP contribution in [0, 0.1) is 28.6 Å². The first-order valence-corrected chi connectivity index (χ1v) is 10.8. The summed E-state index contributed by atoms with van der Waals surface area (Å²) in [5, 5.41) is 11.8. The third-order valence-electron chi connectivity index (χ3n) is 8.79. The van der Waals surface area contributed by atoms with Crippen molar-refractivity contribution >= 4 is 17.7 Å². The molecule has 4 aliphatic rings. The van der Waals surface area contributed by atoms with E-state index in [9.17, 15) is 19.5 Å². The number of allylic oxidation sites excluding steroid dienone is 1. The van der Waals surface area contributed by atoms with Gasteiger partial charge in [-0.15, -0.1) is 0 Å². The molecule has 0 saturated heterocycles. The molecule has 3 fully saturated rings. The standard InChI is InChI=1S/C23H32O6/c1-13(24)28-16-7-9-21(3)15(11-16)5-6-17-18(21)12-20(29-14(2)25)22(4)19(26)8-10-23(17,22)27/h8,10,15-18,20,27H,5-7,9,11-12H2,1-4H3/t15-,16-,17+,18-,20+,21-,22-,23-/m0/s1. The molecule has 3 saturated carbocycles. The van der Waals surface area contributed by atoms with E-state index in [0.29, 0.717) is 12.3 Å². The zero-order valence-corrected chi connectivity index (χ0v) is 17.8. The van der Waals surface area contributed by atoms with Crippen molar-refractivity contribution in [3.05, 3.63) is 12.2 Å². The Kier molecular flexibility index (Phi) is 4.72. The van der Waals surface area contributed by atoms with E-state index in [1.54, 1.807) is 13.0 Å². The van der Waals surface area contributed by atoms with Gasteiger partial charge in [0.1, 0.15) is 17.8 Å². The largest absolute Gasteiger partial charge is 0.463 e. The maximum Gasteiger partial charge on any atom is 0.302 e. The van der Waals surface area contributed by atoms with Crippen molar-refractivity contribution in [2.75, 3.05) is 0 Å². The number of ketones is 1. The highest BCUT2D eigenvalue weighted by Gasteiger charge is 2.70. The Bertz CT molecular complexity index is 773. The number of rotatable bonds is 2. The fourth-order valence-corrected chi connectivity index (χ4v) is 7.16. The predicted molar refractivity (Wildman–Crippen MR) is 105 cm³/mol. The van der Waals surface area contributed by atoms with Crippen molar-refractivity contribution < 1.29 is 29.0 Å². The minimum atomic E-state index is -1.30. The molecular formula is C23H32O6. The van der Waals surface area contributed by atoms with Crippen LogP contribution >= 0.6 is 0 Å². The highest BCUT2D eigenvalue weighted by molar-refractivity contribution is 6.00. The Morgan fingerprint density at radius 1 is 1.03 bits per heavy atom. The third-order valence-corrected chi connectivity index (χ3v) is 8.79. The molecule has 0 radical (unpaired) electrons. The number of ether oxygens (including phenoxy) is 2. The van der Waals surface area contributed by atoms with Crippen LogP contribution in [-0.2, 0) is 23.9 Å². The first kappa shape index (κ1) is 20.6. The van der Waals surface area contributed by atoms with Gasteiger partial charge >= 0.3 is 11.9 Å². The maximum absolute atomic E-state index is 12.8. The summed E-state index contributed by atoms with van der Waals surface area (Å²) in [6, 6.07) is 0. The number of fused-ring (bicyclic) bond motifs is 5. The minimum Gasteiger partial charge on any atom is -0.463 e. The monoisotopic (exact) mass is 404 g/mol. The Morgan fingerprint density at radius 3 is 2.38 bits per heavy atom. The van der Waals surface area contributed by atoms with Gasteiger partial charge in [-0.25, -0.2) is 0 Å². The lowest BCUT2D eigenvalue weighted by Crippen LogP contribution is -2.67. The molecule has 0 heterocycles. The van der Waals surface area contributed by atoms with Gasteiger partial charge in [0.25, 0.3) is 0 Å². The van der Waals surface area contributed by atoms with Crippen molar-refractivity contribution in [2.45, 2.75) is 84.0 Å². The van der Waals surface area contributed by atoms with Gasteiger partial charge < -0.3 is 14.6 Å². The summed E-state index contributed by atoms with van der Waals surface area (Å²) in [5.74, 6) is -0.345. The third kappa shape index (κ3) is 2.82. The summed E-state index contributed by atoms with van der Waals surface area (Å²) in [5.41, 5.74) is -2.47. The van der Waals surface area contributed by atoms with Crippen molar-refractivity contribution in [3.63, 3.8) is 0 Å². The van der Waals surface area contributed by atoms with E-state index in [2.05, 4.69) is 6.92 Å². The maximum atomic E-state index is 12.8. The normalized spacial score (nSPS) is 48.3. The van der Waals surface area contributed by atoms with Crippen LogP contribution in [0.5, 0.6) is 0 Å². The van der Waals surface area contributed by atoms with E-state index >= 15 is 0 Å². The molecule has 1 N–H and O–H groups in total. The number of carbonyl (C=O) groups is 3. The SMILES string of the molecule is CC(=O)O[C@H]1CC[C@@]2(C)[C@@H](CC[C@@H]3[C@@H]2C[C@@H](OC(C)=O)[C@]2(C)C(=O)C=C[C@]32O)C1. The Hall–Kier alpha value is -1.69. The lowest BCUT2D eigenvalue weighted by molar-refractivity contribution is -0.228. The highest BCUT2D eigenvalue weighted by atomic mass is 16.5. The molecule has 0 spiro atoms. The molecule has 0 aromatic heterocycles. The van der Waals surface area contributed by atoms with Crippen LogP contribution in [0.1, 0.15) is 66.2 Å². The molecule has 160 valence electrons. The Balaban J connectivity index is 1.68. The second kappa shape index (κ2) is 6.66. The van der Waals surface area contributed by atoms with Crippen molar-refractivity contribution in [2.24, 2.45) is 28.6 Å². The van der Waals surface area contributed by atoms with Gasteiger partial charge in [-0.1, -0.05) is 6.92 Å². The smallest absolute Gasteiger partial charge is 0.302 e. The van der Waals surface area contributed by atoms with Gasteiger partial charge in [-0.2, -0.15) is 0 Å². The van der Waals surface area contributed by atoms with Crippen molar-refractivity contribution in [1.29, 1.82) is 0 Å². The molecular weight excluding hydrogens is 372 g/mol. The summed E-state index contributed by atoms with van der Waals surface area (Å²) in [6.07, 6.45) is 7.33. The van der Waals surface area contributed by atoms with Crippen LogP contribution in [-0.4, -0.2) is 40.6 Å². The number of carbonyl (C=O) groups excluding carboxylic acids is 3. The van der Waals surface area contributed by atoms with Crippen molar-refractivity contribution in [1.82, 2.24) is 0 Å². The minimum absolute atomic E-state index is 0.0451. The molecule has 8 atom stereocenters. The first-order chi connectivity index (χ1) is 13.5. The summed E-state index contributed by atoms with van der Waals surface area (Å²) < 4.78 is 11.2. The quantitative estimate of drug-likeness (QED) is 0.712. The second-order valence-corrected chi connectivity index (χ2v) is 10.1. The molecule has 4 aliphatic carbocycles. The fraction of sp³-hybridized carbons (Fsp3) is 0.783. The van der Waals surface area contributed by atoms with Gasteiger partial charge in [0, 0.05) is 13.8 Å². The van der Waals surface area contributed by atoms with Gasteiger partial charge in [0.2, 0.25) is 0 Å². The van der Waals surface area contributed by atoms with Crippen LogP contribution in [0.4, 0.5) is 0 Å². The van der Waals surface area contributed by atoms with Gasteiger partial charge in [0.05, 0.1) is 5.41 Å². The lowest BCUT2D eigenvalue weighted by atomic mass is 9.43. The molecule has 4 rings (SSSR count). The molecule has 0 aliphatic heterocycles. The highest BCUT2D eigenvalue weighted by Crippen LogP contribution is 2.66. The van der Waals surface area contributed by atoms with E-state index in [0.717, 1.165) is 32.1 Å². The van der Waals surface area contributed by atoms with E-state index in [4.69, 9.17) is 9.47 Å². The van der Waals surface area contributed by atoms with Gasteiger partial charge in [0.15, 0.2) is 5.78 Å². The average Bonchev–Trinajstić information content (AvgIpc) is 2.87. The van der Waals surface area contributed by atoms with Crippen LogP contribution in [0.2, 0.25) is 0 Å². The second-order valence-electron chi connectivity index (χ2n) is 10.1. The van der Waals surface area contributed by atoms with Crippen LogP contribution in [0.25, 0.3) is 0 Å². The van der Waals surface area contributed by atoms with Crippen LogP contribution < -0.4 is 0 Å². The summed E-state index contributed by atoms with van der Waals surface area (Å²) in [7, 11) is 0. The predicted octanol–water partition coefficient (Wildman–Crippen LogP) is 2.96. The zero-order valence-electron chi connectivity index (χ0n) is 17.8. The van der Waals surface area contributed by atoms with Gasteiger partial charge in [-0.3, -0.25) is 14.4 Å². The molecule has 0 bridgehead atoms. The average molecular weight is 405 g/mol. The molecule has 0 amide bonds. The molecule has 0 aromatic carbocycles. The van der Waals surface area contributed by atoms with E-state index < -0.39 is 23.1 Å². The topological polar surface area (TPSA) is 89.9 Å². The Labute approximate surface area is 172 Å². The Morgan fingerprint density at radius 2 is 1.72 bits per heavy atom. The molecule has 6 heteroatoms. The number of esters is 2. The lowest BCUT2D eigenvalue weighted by Gasteiger charge is -2.63. The van der Waals surface area contributed by atoms with Crippen LogP contribution in [0.15, 0.2) is 12.2 Å². The summed E-state index contributed by atoms with van der Waals surface area (Å²) >= 11 is 0. The zero-order chi connectivity index (χ0) is 21.2. The number of hydrogen-bond acceptors (Lipinski definition) is 6. The summed E-state index contributed by atoms with van der Waals surface area (Å²) in [6.45, 7) is 6.84. The van der Waals surface area contributed by atoms with E-state index in [-0.39, 0.29) is 35.1 Å². The van der Waals surface area contributed by atoms with Gasteiger partial charge in [-0.05, 0) is 80.8 Å². The summed E-state index contributed by atoms with van der Waals surface area (Å²) in [4.78, 5) is 36.1. The number of hydrogen-bond donors (Lipinski definition) is 1. The molecule has 6 nitrogen and oxygen atoms in total. The van der Waals surface area contributed by atoms with E-state index in [1.165, 1.54) is 19.9 Å². The first-order valence-electron chi connectivity index (χ1n) is 10.8. The molecule has 0 unspecified atom stereocenters. The van der Waals surface area contributed by atoms with Crippen LogP contribution in [0.3, 0.4) is 0 Å². The molecule has 0 aromatic rings. The number of aliphatic hydroxyl groups is 1. The molecule has 29 heavy (non-hydrogen) atoms. The van der Waals surface area contributed by atoms with Crippen molar-refractivity contribution in [3.8, 4) is 0 Å².